The number of hydrogen-bond acceptors (Lipinski definition) is 5. The number of hydrogen-bond donors (Lipinski definition) is 2. The Morgan fingerprint density at radius 3 is 2.92 bits per heavy atom. The van der Waals surface area contributed by atoms with Crippen molar-refractivity contribution in [2.24, 2.45) is 16.5 Å². The number of nitrogens with zero attached hydrogens (tertiary/aromatic N) is 1. The molecule has 128 valence electrons. The maximum atomic E-state index is 12.9. The van der Waals surface area contributed by atoms with E-state index in [0.29, 0.717) is 35.7 Å². The summed E-state index contributed by atoms with van der Waals surface area (Å²) in [7, 11) is 0. The molecule has 0 saturated heterocycles. The number of fused-ring (bicyclic) bond motifs is 2. The van der Waals surface area contributed by atoms with E-state index in [2.05, 4.69) is 4.99 Å². The summed E-state index contributed by atoms with van der Waals surface area (Å²) in [6.07, 6.45) is 1.92. The molecule has 6 nitrogen and oxygen atoms in total. The van der Waals surface area contributed by atoms with Crippen molar-refractivity contribution in [2.45, 2.75) is 49.8 Å². The Balaban J connectivity index is 2.01. The Bertz CT molecular complexity index is 706. The number of benzene rings is 1. The molecule has 2 bridgehead atoms. The first-order valence-electron chi connectivity index (χ1n) is 8.03. The summed E-state index contributed by atoms with van der Waals surface area (Å²) < 4.78 is 5.73. The van der Waals surface area contributed by atoms with Gasteiger partial charge in [0.25, 0.3) is 0 Å². The Morgan fingerprint density at radius 2 is 2.21 bits per heavy atom. The van der Waals surface area contributed by atoms with Gasteiger partial charge < -0.3 is 16.2 Å². The van der Waals surface area contributed by atoms with Gasteiger partial charge in [0, 0.05) is 17.0 Å². The molecule has 0 spiro atoms. The number of ketones is 1. The van der Waals surface area contributed by atoms with Crippen LogP contribution in [0, 0.1) is 0 Å². The summed E-state index contributed by atoms with van der Waals surface area (Å²) in [4.78, 5) is 28.5. The number of carbonyl (C=O) groups excluding carboxylic acids is 2. The van der Waals surface area contributed by atoms with Crippen LogP contribution in [0.5, 0.6) is 0 Å². The predicted octanol–water partition coefficient (Wildman–Crippen LogP) is 1.68. The molecule has 0 aromatic heterocycles. The van der Waals surface area contributed by atoms with Gasteiger partial charge in [0.2, 0.25) is 17.6 Å². The van der Waals surface area contributed by atoms with Crippen LogP contribution in [0.2, 0.25) is 5.02 Å². The van der Waals surface area contributed by atoms with E-state index in [4.69, 9.17) is 27.8 Å². The number of halogens is 1. The van der Waals surface area contributed by atoms with Gasteiger partial charge in [-0.1, -0.05) is 29.8 Å². The van der Waals surface area contributed by atoms with Crippen LogP contribution >= 0.6 is 11.6 Å². The summed E-state index contributed by atoms with van der Waals surface area (Å²) in [5.41, 5.74) is 10.9. The first-order chi connectivity index (χ1) is 11.4. The third-order valence-corrected chi connectivity index (χ3v) is 4.94. The molecule has 1 aromatic rings. The second-order valence-electron chi connectivity index (χ2n) is 6.26. The van der Waals surface area contributed by atoms with Crippen LogP contribution in [0.1, 0.15) is 37.7 Å². The maximum absolute atomic E-state index is 12.9. The van der Waals surface area contributed by atoms with Gasteiger partial charge in [-0.25, -0.2) is 4.99 Å². The summed E-state index contributed by atoms with van der Waals surface area (Å²) in [5.74, 6) is -0.202. The van der Waals surface area contributed by atoms with Crippen molar-refractivity contribution in [3.8, 4) is 0 Å². The Labute approximate surface area is 145 Å². The predicted molar refractivity (Wildman–Crippen MR) is 90.7 cm³/mol. The molecule has 1 aliphatic heterocycles. The average molecular weight is 350 g/mol. The second-order valence-corrected chi connectivity index (χ2v) is 6.67. The number of ether oxygens (including phenoxy) is 1. The Hall–Kier alpha value is -1.92. The third-order valence-electron chi connectivity index (χ3n) is 4.61. The molecule has 2 aliphatic rings. The number of carbonyl (C=O) groups is 2. The SMILES string of the molecule is NC(=O)CCC(N)C1=N[C@]2(c3ccccc3Cl)CCC[C@H](O1)C2=O. The molecule has 1 amide bonds. The van der Waals surface area contributed by atoms with Crippen LogP contribution in [0.3, 0.4) is 0 Å². The fourth-order valence-electron chi connectivity index (χ4n) is 3.36. The summed E-state index contributed by atoms with van der Waals surface area (Å²) in [6.45, 7) is 0. The second kappa shape index (κ2) is 6.53. The zero-order valence-electron chi connectivity index (χ0n) is 13.2. The molecule has 1 saturated carbocycles. The minimum atomic E-state index is -1.04. The van der Waals surface area contributed by atoms with E-state index in [1.165, 1.54) is 0 Å². The zero-order chi connectivity index (χ0) is 17.3. The fraction of sp³-hybridized carbons (Fsp3) is 0.471. The van der Waals surface area contributed by atoms with E-state index >= 15 is 0 Å². The van der Waals surface area contributed by atoms with Gasteiger partial charge in [0.05, 0.1) is 6.04 Å². The molecule has 4 N–H and O–H groups in total. The van der Waals surface area contributed by atoms with Crippen LogP contribution in [-0.4, -0.2) is 29.7 Å². The highest BCUT2D eigenvalue weighted by molar-refractivity contribution is 6.32. The molecule has 1 unspecified atom stereocenters. The van der Waals surface area contributed by atoms with Crippen molar-refractivity contribution in [1.82, 2.24) is 0 Å². The normalized spacial score (nSPS) is 27.2. The van der Waals surface area contributed by atoms with Crippen molar-refractivity contribution < 1.29 is 14.3 Å². The minimum absolute atomic E-state index is 0.0762. The maximum Gasteiger partial charge on any atom is 0.217 e. The van der Waals surface area contributed by atoms with Gasteiger partial charge in [-0.15, -0.1) is 0 Å². The first-order valence-corrected chi connectivity index (χ1v) is 8.41. The van der Waals surface area contributed by atoms with Crippen molar-refractivity contribution >= 4 is 29.2 Å². The fourth-order valence-corrected chi connectivity index (χ4v) is 3.66. The summed E-state index contributed by atoms with van der Waals surface area (Å²) >= 11 is 6.34. The number of aliphatic imine (C=N–C) groups is 1. The van der Waals surface area contributed by atoms with Crippen LogP contribution in [0.15, 0.2) is 29.3 Å². The van der Waals surface area contributed by atoms with Gasteiger partial charge in [0.1, 0.15) is 0 Å². The monoisotopic (exact) mass is 349 g/mol. The molecule has 0 radical (unpaired) electrons. The molecule has 3 atom stereocenters. The lowest BCUT2D eigenvalue weighted by molar-refractivity contribution is -0.137. The molecule has 1 aliphatic carbocycles. The number of primary amides is 1. The first kappa shape index (κ1) is 16.9. The number of amides is 1. The summed E-state index contributed by atoms with van der Waals surface area (Å²) in [6, 6.07) is 6.65. The minimum Gasteiger partial charge on any atom is -0.468 e. The lowest BCUT2D eigenvalue weighted by Crippen LogP contribution is -2.54. The Kier molecular flexibility index (Phi) is 4.60. The van der Waals surface area contributed by atoms with Crippen LogP contribution in [0.25, 0.3) is 0 Å². The molecule has 3 rings (SSSR count). The lowest BCUT2D eigenvalue weighted by Gasteiger charge is -2.42. The van der Waals surface area contributed by atoms with E-state index in [-0.39, 0.29) is 12.2 Å². The lowest BCUT2D eigenvalue weighted by atomic mass is 9.73. The van der Waals surface area contributed by atoms with Gasteiger partial charge in [-0.05, 0) is 31.7 Å². The molecular weight excluding hydrogens is 330 g/mol. The Morgan fingerprint density at radius 1 is 1.46 bits per heavy atom. The highest BCUT2D eigenvalue weighted by Crippen LogP contribution is 2.44. The van der Waals surface area contributed by atoms with E-state index < -0.39 is 23.6 Å². The smallest absolute Gasteiger partial charge is 0.217 e. The van der Waals surface area contributed by atoms with Crippen LogP contribution in [0.4, 0.5) is 0 Å². The zero-order valence-corrected chi connectivity index (χ0v) is 14.0. The number of Topliss-reactive ketones (excluding diaryl/α,β-unsaturated/α-hetero) is 1. The largest absolute Gasteiger partial charge is 0.468 e. The molecule has 1 heterocycles. The van der Waals surface area contributed by atoms with Crippen molar-refractivity contribution in [2.75, 3.05) is 0 Å². The molecule has 1 aromatic carbocycles. The summed E-state index contributed by atoms with van der Waals surface area (Å²) in [5, 5.41) is 0.502. The highest BCUT2D eigenvalue weighted by Gasteiger charge is 2.52. The molecular formula is C17H20ClN3O3. The quantitative estimate of drug-likeness (QED) is 0.842. The average Bonchev–Trinajstić information content (AvgIpc) is 2.53. The van der Waals surface area contributed by atoms with E-state index in [0.717, 1.165) is 6.42 Å². The molecule has 1 fully saturated rings. The molecule has 24 heavy (non-hydrogen) atoms. The molecule has 7 heteroatoms. The van der Waals surface area contributed by atoms with Crippen molar-refractivity contribution in [1.29, 1.82) is 0 Å². The van der Waals surface area contributed by atoms with Gasteiger partial charge in [-0.2, -0.15) is 0 Å². The highest BCUT2D eigenvalue weighted by atomic mass is 35.5. The van der Waals surface area contributed by atoms with E-state index in [9.17, 15) is 9.59 Å². The standard InChI is InChI=1S/C17H20ClN3O3/c18-11-5-2-1-4-10(11)17-9-3-6-13(15(17)23)24-16(21-17)12(19)7-8-14(20)22/h1-2,4-5,12-13H,3,6-9,19H2,(H2,20,22)/t12?,13-,17-/m0/s1. The number of rotatable bonds is 5. The van der Waals surface area contributed by atoms with Crippen molar-refractivity contribution in [3.05, 3.63) is 34.9 Å². The van der Waals surface area contributed by atoms with Crippen LogP contribution < -0.4 is 11.5 Å². The van der Waals surface area contributed by atoms with Crippen molar-refractivity contribution in [3.63, 3.8) is 0 Å². The van der Waals surface area contributed by atoms with Crippen LogP contribution in [-0.2, 0) is 19.9 Å². The van der Waals surface area contributed by atoms with Gasteiger partial charge in [-0.3, -0.25) is 9.59 Å². The third kappa shape index (κ3) is 2.91. The topological polar surface area (TPSA) is 108 Å². The van der Waals surface area contributed by atoms with E-state index in [1.54, 1.807) is 6.07 Å². The van der Waals surface area contributed by atoms with Gasteiger partial charge in [0.15, 0.2) is 11.6 Å². The van der Waals surface area contributed by atoms with Gasteiger partial charge >= 0.3 is 0 Å². The number of nitrogens with two attached hydrogens (primary N) is 2. The van der Waals surface area contributed by atoms with E-state index in [1.807, 2.05) is 18.2 Å².